The zero-order chi connectivity index (χ0) is 21.1. The van der Waals surface area contributed by atoms with E-state index in [0.29, 0.717) is 12.5 Å². The molecule has 4 rings (SSSR count). The molecule has 0 amide bonds. The second-order valence-electron chi connectivity index (χ2n) is 7.84. The number of ether oxygens (including phenoxy) is 1. The highest BCUT2D eigenvalue weighted by molar-refractivity contribution is 7.99. The first-order valence-electron chi connectivity index (χ1n) is 10.9. The second-order valence-corrected chi connectivity index (χ2v) is 8.78. The molecular formula is C24H29N3O2S. The van der Waals surface area contributed by atoms with Crippen LogP contribution in [0.1, 0.15) is 63.5 Å². The highest BCUT2D eigenvalue weighted by atomic mass is 32.2. The Kier molecular flexibility index (Phi) is 6.14. The van der Waals surface area contributed by atoms with Gasteiger partial charge in [-0.15, -0.1) is 10.2 Å². The number of nitrogens with zero attached hydrogens (tertiary/aromatic N) is 3. The molecule has 0 aliphatic heterocycles. The lowest BCUT2D eigenvalue weighted by Gasteiger charge is -2.36. The fourth-order valence-electron chi connectivity index (χ4n) is 4.52. The van der Waals surface area contributed by atoms with Crippen LogP contribution >= 0.6 is 11.8 Å². The monoisotopic (exact) mass is 423 g/mol. The van der Waals surface area contributed by atoms with Crippen LogP contribution in [-0.2, 0) is 15.1 Å². The van der Waals surface area contributed by atoms with E-state index >= 15 is 0 Å². The lowest BCUT2D eigenvalue weighted by Crippen LogP contribution is -2.34. The van der Waals surface area contributed by atoms with Gasteiger partial charge < -0.3 is 4.74 Å². The maximum absolute atomic E-state index is 11.9. The van der Waals surface area contributed by atoms with E-state index in [1.165, 1.54) is 46.5 Å². The summed E-state index contributed by atoms with van der Waals surface area (Å²) in [5, 5.41) is 12.0. The minimum Gasteiger partial charge on any atom is -0.465 e. The molecule has 5 nitrogen and oxygen atoms in total. The third kappa shape index (κ3) is 3.73. The Morgan fingerprint density at radius 3 is 2.53 bits per heavy atom. The Labute approximate surface area is 182 Å². The van der Waals surface area contributed by atoms with Gasteiger partial charge in [0.15, 0.2) is 5.16 Å². The first-order chi connectivity index (χ1) is 14.6. The van der Waals surface area contributed by atoms with Crippen molar-refractivity contribution in [1.82, 2.24) is 14.8 Å². The van der Waals surface area contributed by atoms with Gasteiger partial charge in [0.1, 0.15) is 6.33 Å². The van der Waals surface area contributed by atoms with Gasteiger partial charge in [-0.05, 0) is 60.4 Å². The largest absolute Gasteiger partial charge is 0.465 e. The Morgan fingerprint density at radius 2 is 1.87 bits per heavy atom. The third-order valence-corrected chi connectivity index (χ3v) is 7.16. The molecule has 158 valence electrons. The molecule has 0 N–H and O–H groups in total. The molecule has 3 aromatic rings. The van der Waals surface area contributed by atoms with Crippen LogP contribution in [0.5, 0.6) is 0 Å². The predicted octanol–water partition coefficient (Wildman–Crippen LogP) is 5.53. The summed E-state index contributed by atoms with van der Waals surface area (Å²) in [7, 11) is 0. The normalized spacial score (nSPS) is 14.2. The Morgan fingerprint density at radius 1 is 1.13 bits per heavy atom. The van der Waals surface area contributed by atoms with Gasteiger partial charge in [0.25, 0.3) is 0 Å². The highest BCUT2D eigenvalue weighted by Crippen LogP contribution is 2.46. The standard InChI is InChI=1S/C24H29N3O2S/c1-4-24(5-2,27-16-25-26-23(27)30-15-22(28)29-6-3)21-14-13-18(17-11-12-17)19-9-7-8-10-20(19)21/h7-10,13-14,16-17H,4-6,11-12,15H2,1-3H3. The number of carbonyl (C=O) groups excluding carboxylic acids is 1. The van der Waals surface area contributed by atoms with Crippen LogP contribution < -0.4 is 0 Å². The molecule has 1 saturated carbocycles. The van der Waals surface area contributed by atoms with E-state index in [0.717, 1.165) is 18.0 Å². The van der Waals surface area contributed by atoms with Gasteiger partial charge in [0.05, 0.1) is 17.9 Å². The number of hydrogen-bond acceptors (Lipinski definition) is 5. The van der Waals surface area contributed by atoms with Crippen molar-refractivity contribution in [3.8, 4) is 0 Å². The van der Waals surface area contributed by atoms with E-state index in [9.17, 15) is 4.79 Å². The van der Waals surface area contributed by atoms with Crippen molar-refractivity contribution in [2.45, 2.75) is 63.1 Å². The molecule has 1 fully saturated rings. The summed E-state index contributed by atoms with van der Waals surface area (Å²) in [5.41, 5.74) is 2.49. The van der Waals surface area contributed by atoms with Gasteiger partial charge >= 0.3 is 5.97 Å². The van der Waals surface area contributed by atoms with Crippen molar-refractivity contribution in [3.05, 3.63) is 53.9 Å². The molecule has 1 aliphatic rings. The average Bonchev–Trinajstić information content (AvgIpc) is 3.51. The molecule has 0 radical (unpaired) electrons. The minimum absolute atomic E-state index is 0.227. The van der Waals surface area contributed by atoms with Crippen molar-refractivity contribution in [2.75, 3.05) is 12.4 Å². The van der Waals surface area contributed by atoms with Crippen LogP contribution in [0.2, 0.25) is 0 Å². The summed E-state index contributed by atoms with van der Waals surface area (Å²) in [6, 6.07) is 13.4. The fraction of sp³-hybridized carbons (Fsp3) is 0.458. The van der Waals surface area contributed by atoms with Gasteiger partial charge in [0.2, 0.25) is 0 Å². The van der Waals surface area contributed by atoms with Crippen LogP contribution in [0.25, 0.3) is 10.8 Å². The Hall–Kier alpha value is -2.34. The van der Waals surface area contributed by atoms with Crippen LogP contribution in [0, 0.1) is 0 Å². The smallest absolute Gasteiger partial charge is 0.316 e. The van der Waals surface area contributed by atoms with Crippen LogP contribution in [0.4, 0.5) is 0 Å². The lowest BCUT2D eigenvalue weighted by atomic mass is 9.80. The van der Waals surface area contributed by atoms with E-state index in [2.05, 4.69) is 65.0 Å². The molecular weight excluding hydrogens is 394 g/mol. The van der Waals surface area contributed by atoms with Crippen molar-refractivity contribution in [3.63, 3.8) is 0 Å². The number of esters is 1. The minimum atomic E-state index is -0.276. The van der Waals surface area contributed by atoms with Gasteiger partial charge in [-0.1, -0.05) is 62.0 Å². The number of rotatable bonds is 9. The molecule has 1 heterocycles. The van der Waals surface area contributed by atoms with Crippen molar-refractivity contribution in [2.24, 2.45) is 0 Å². The summed E-state index contributed by atoms with van der Waals surface area (Å²) in [4.78, 5) is 11.9. The number of thioether (sulfide) groups is 1. The van der Waals surface area contributed by atoms with E-state index < -0.39 is 0 Å². The number of carbonyl (C=O) groups is 1. The van der Waals surface area contributed by atoms with E-state index in [-0.39, 0.29) is 17.3 Å². The molecule has 30 heavy (non-hydrogen) atoms. The van der Waals surface area contributed by atoms with Gasteiger partial charge in [-0.2, -0.15) is 0 Å². The van der Waals surface area contributed by atoms with Gasteiger partial charge in [-0.3, -0.25) is 9.36 Å². The van der Waals surface area contributed by atoms with Crippen LogP contribution in [-0.4, -0.2) is 33.1 Å². The molecule has 6 heteroatoms. The SMILES string of the molecule is CCOC(=O)CSc1nncn1C(CC)(CC)c1ccc(C2CC2)c2ccccc12. The number of benzene rings is 2. The molecule has 0 atom stereocenters. The maximum atomic E-state index is 11.9. The molecule has 2 aromatic carbocycles. The molecule has 1 aromatic heterocycles. The van der Waals surface area contributed by atoms with Crippen molar-refractivity contribution >= 4 is 28.5 Å². The molecule has 1 aliphatic carbocycles. The number of fused-ring (bicyclic) bond motifs is 1. The van der Waals surface area contributed by atoms with Crippen LogP contribution in [0.3, 0.4) is 0 Å². The topological polar surface area (TPSA) is 57.0 Å². The van der Waals surface area contributed by atoms with Crippen LogP contribution in [0.15, 0.2) is 47.9 Å². The zero-order valence-corrected chi connectivity index (χ0v) is 18.7. The summed E-state index contributed by atoms with van der Waals surface area (Å²) in [5.74, 6) is 0.708. The summed E-state index contributed by atoms with van der Waals surface area (Å²) in [6.45, 7) is 6.64. The Balaban J connectivity index is 1.79. The zero-order valence-electron chi connectivity index (χ0n) is 17.9. The molecule has 0 unspecified atom stereocenters. The lowest BCUT2D eigenvalue weighted by molar-refractivity contribution is -0.139. The van der Waals surface area contributed by atoms with Gasteiger partial charge in [0, 0.05) is 0 Å². The molecule has 0 spiro atoms. The Bertz CT molecular complexity index is 1040. The van der Waals surface area contributed by atoms with Crippen molar-refractivity contribution in [1.29, 1.82) is 0 Å². The third-order valence-electron chi connectivity index (χ3n) is 6.25. The summed E-state index contributed by atoms with van der Waals surface area (Å²) < 4.78 is 7.25. The molecule has 0 saturated heterocycles. The first kappa shape index (κ1) is 20.9. The highest BCUT2D eigenvalue weighted by Gasteiger charge is 2.36. The number of hydrogen-bond donors (Lipinski definition) is 0. The second kappa shape index (κ2) is 8.80. The van der Waals surface area contributed by atoms with E-state index in [4.69, 9.17) is 4.74 Å². The molecule has 0 bridgehead atoms. The van der Waals surface area contributed by atoms with E-state index in [1.54, 1.807) is 0 Å². The fourth-order valence-corrected chi connectivity index (χ4v) is 5.32. The van der Waals surface area contributed by atoms with E-state index in [1.807, 2.05) is 13.3 Å². The quantitative estimate of drug-likeness (QED) is 0.335. The van der Waals surface area contributed by atoms with Gasteiger partial charge in [-0.25, -0.2) is 0 Å². The predicted molar refractivity (Wildman–Crippen MR) is 121 cm³/mol. The maximum Gasteiger partial charge on any atom is 0.316 e. The summed E-state index contributed by atoms with van der Waals surface area (Å²) >= 11 is 1.39. The van der Waals surface area contributed by atoms with Crippen molar-refractivity contribution < 1.29 is 9.53 Å². The summed E-state index contributed by atoms with van der Waals surface area (Å²) in [6.07, 6.45) is 6.19. The average molecular weight is 424 g/mol. The number of aromatic nitrogens is 3. The first-order valence-corrected chi connectivity index (χ1v) is 11.8.